The maximum atomic E-state index is 13.0. The lowest BCUT2D eigenvalue weighted by Gasteiger charge is -2.05. The van der Waals surface area contributed by atoms with Gasteiger partial charge in [0.05, 0.1) is 7.11 Å². The molecule has 2 nitrogen and oxygen atoms in total. The van der Waals surface area contributed by atoms with Crippen molar-refractivity contribution in [3.63, 3.8) is 0 Å². The van der Waals surface area contributed by atoms with Gasteiger partial charge in [0.15, 0.2) is 11.6 Å². The minimum atomic E-state index is -0.335. The normalized spacial score (nSPS) is 8.61. The molecule has 3 heteroatoms. The molecule has 0 radical (unpaired) electrons. The average Bonchev–Trinajstić information content (AvgIpc) is 2.45. The van der Waals surface area contributed by atoms with E-state index in [2.05, 4.69) is 0 Å². The number of aryl methyl sites for hydroxylation is 1. The molecule has 0 aliphatic heterocycles. The first kappa shape index (κ1) is 19.3. The highest BCUT2D eigenvalue weighted by Gasteiger charge is 2.02. The summed E-state index contributed by atoms with van der Waals surface area (Å²) in [5.74, 6) is -0.0510. The van der Waals surface area contributed by atoms with E-state index in [0.717, 1.165) is 24.8 Å². The monoisotopic (exact) mass is 258 g/mol. The molecule has 1 aromatic rings. The van der Waals surface area contributed by atoms with Crippen LogP contribution in [-0.4, -0.2) is 18.8 Å². The fraction of sp³-hybridized carbons (Fsp3) is 0.600. The Morgan fingerprint density at radius 1 is 1.11 bits per heavy atom. The summed E-state index contributed by atoms with van der Waals surface area (Å²) in [4.78, 5) is 0. The molecule has 1 rings (SSSR count). The third-order valence-electron chi connectivity index (χ3n) is 2.09. The zero-order valence-electron chi connectivity index (χ0n) is 12.3. The predicted octanol–water partition coefficient (Wildman–Crippen LogP) is 4.20. The number of hydrogen-bond acceptors (Lipinski definition) is 2. The molecule has 0 spiro atoms. The van der Waals surface area contributed by atoms with Gasteiger partial charge in [-0.05, 0) is 37.0 Å². The standard InChI is InChI=1S/C11H15FO2.2C2H6/c1-14-11-8-9(4-2-3-7-13)5-6-10(11)12;2*1-2/h5-6,8,13H,2-4,7H2,1H3;2*1-2H3. The van der Waals surface area contributed by atoms with Crippen molar-refractivity contribution >= 4 is 0 Å². The minimum Gasteiger partial charge on any atom is -0.494 e. The van der Waals surface area contributed by atoms with E-state index in [9.17, 15) is 4.39 Å². The van der Waals surface area contributed by atoms with E-state index in [0.29, 0.717) is 0 Å². The maximum absolute atomic E-state index is 13.0. The Bertz CT molecular complexity index is 288. The first-order valence-electron chi connectivity index (χ1n) is 6.71. The summed E-state index contributed by atoms with van der Waals surface area (Å²) in [6, 6.07) is 4.86. The molecule has 0 aromatic heterocycles. The van der Waals surface area contributed by atoms with Gasteiger partial charge in [0, 0.05) is 6.61 Å². The maximum Gasteiger partial charge on any atom is 0.165 e. The SMILES string of the molecule is CC.CC.COc1cc(CCCCO)ccc1F. The van der Waals surface area contributed by atoms with Crippen LogP contribution in [0.25, 0.3) is 0 Å². The Morgan fingerprint density at radius 3 is 2.22 bits per heavy atom. The molecule has 0 aliphatic rings. The number of hydrogen-bond donors (Lipinski definition) is 1. The van der Waals surface area contributed by atoms with E-state index in [1.807, 2.05) is 27.7 Å². The lowest BCUT2D eigenvalue weighted by Crippen LogP contribution is -1.92. The van der Waals surface area contributed by atoms with Gasteiger partial charge in [-0.15, -0.1) is 0 Å². The van der Waals surface area contributed by atoms with Gasteiger partial charge in [0.25, 0.3) is 0 Å². The molecule has 0 fully saturated rings. The van der Waals surface area contributed by atoms with Crippen molar-refractivity contribution in [2.75, 3.05) is 13.7 Å². The summed E-state index contributed by atoms with van der Waals surface area (Å²) < 4.78 is 17.9. The predicted molar refractivity (Wildman–Crippen MR) is 75.7 cm³/mol. The fourth-order valence-corrected chi connectivity index (χ4v) is 1.30. The smallest absolute Gasteiger partial charge is 0.165 e. The molecule has 18 heavy (non-hydrogen) atoms. The van der Waals surface area contributed by atoms with Crippen molar-refractivity contribution in [1.29, 1.82) is 0 Å². The molecule has 0 unspecified atom stereocenters. The molecular weight excluding hydrogens is 231 g/mol. The van der Waals surface area contributed by atoms with Crippen molar-refractivity contribution < 1.29 is 14.2 Å². The van der Waals surface area contributed by atoms with Crippen molar-refractivity contribution in [1.82, 2.24) is 0 Å². The third kappa shape index (κ3) is 8.07. The van der Waals surface area contributed by atoms with Crippen LogP contribution in [0.4, 0.5) is 4.39 Å². The number of ether oxygens (including phenoxy) is 1. The fourth-order valence-electron chi connectivity index (χ4n) is 1.30. The van der Waals surface area contributed by atoms with Gasteiger partial charge >= 0.3 is 0 Å². The zero-order chi connectivity index (χ0) is 14.4. The van der Waals surface area contributed by atoms with Crippen LogP contribution >= 0.6 is 0 Å². The van der Waals surface area contributed by atoms with Crippen molar-refractivity contribution in [2.45, 2.75) is 47.0 Å². The molecule has 0 saturated carbocycles. The van der Waals surface area contributed by atoms with Gasteiger partial charge in [-0.2, -0.15) is 0 Å². The van der Waals surface area contributed by atoms with E-state index < -0.39 is 0 Å². The van der Waals surface area contributed by atoms with Gasteiger partial charge in [0.1, 0.15) is 0 Å². The van der Waals surface area contributed by atoms with Crippen LogP contribution in [0.2, 0.25) is 0 Å². The summed E-state index contributed by atoms with van der Waals surface area (Å²) in [5, 5.41) is 8.60. The highest BCUT2D eigenvalue weighted by molar-refractivity contribution is 5.30. The van der Waals surface area contributed by atoms with Gasteiger partial charge in [-0.1, -0.05) is 33.8 Å². The minimum absolute atomic E-state index is 0.207. The van der Waals surface area contributed by atoms with Crippen molar-refractivity contribution in [3.05, 3.63) is 29.6 Å². The van der Waals surface area contributed by atoms with E-state index in [-0.39, 0.29) is 18.2 Å². The quantitative estimate of drug-likeness (QED) is 0.802. The molecule has 0 amide bonds. The number of aliphatic hydroxyl groups is 1. The topological polar surface area (TPSA) is 29.5 Å². The van der Waals surface area contributed by atoms with E-state index in [1.54, 1.807) is 12.1 Å². The molecular formula is C15H27FO2. The number of benzene rings is 1. The van der Waals surface area contributed by atoms with Crippen molar-refractivity contribution in [2.24, 2.45) is 0 Å². The molecule has 1 N–H and O–H groups in total. The molecule has 1 aromatic carbocycles. The zero-order valence-corrected chi connectivity index (χ0v) is 12.3. The highest BCUT2D eigenvalue weighted by Crippen LogP contribution is 2.19. The number of rotatable bonds is 5. The van der Waals surface area contributed by atoms with Crippen LogP contribution < -0.4 is 4.74 Å². The Hall–Kier alpha value is -1.09. The second-order valence-electron chi connectivity index (χ2n) is 3.15. The lowest BCUT2D eigenvalue weighted by atomic mass is 10.1. The number of methoxy groups -OCH3 is 1. The van der Waals surface area contributed by atoms with Gasteiger partial charge < -0.3 is 9.84 Å². The first-order valence-corrected chi connectivity index (χ1v) is 6.71. The second-order valence-corrected chi connectivity index (χ2v) is 3.15. The van der Waals surface area contributed by atoms with Crippen LogP contribution in [-0.2, 0) is 6.42 Å². The molecule has 0 saturated heterocycles. The molecule has 106 valence electrons. The molecule has 0 atom stereocenters. The Morgan fingerprint density at radius 2 is 1.72 bits per heavy atom. The lowest BCUT2D eigenvalue weighted by molar-refractivity contribution is 0.284. The molecule has 0 bridgehead atoms. The van der Waals surface area contributed by atoms with Crippen LogP contribution in [0.3, 0.4) is 0 Å². The van der Waals surface area contributed by atoms with Gasteiger partial charge in [-0.25, -0.2) is 4.39 Å². The summed E-state index contributed by atoms with van der Waals surface area (Å²) in [7, 11) is 1.45. The van der Waals surface area contributed by atoms with E-state index >= 15 is 0 Å². The summed E-state index contributed by atoms with van der Waals surface area (Å²) in [6.45, 7) is 8.21. The highest BCUT2D eigenvalue weighted by atomic mass is 19.1. The number of unbranched alkanes of at least 4 members (excludes halogenated alkanes) is 1. The van der Waals surface area contributed by atoms with E-state index in [4.69, 9.17) is 9.84 Å². The Labute approximate surface area is 111 Å². The second kappa shape index (κ2) is 14.0. The van der Waals surface area contributed by atoms with Gasteiger partial charge in [-0.3, -0.25) is 0 Å². The van der Waals surface area contributed by atoms with Crippen LogP contribution in [0, 0.1) is 5.82 Å². The Kier molecular flexibility index (Phi) is 14.9. The van der Waals surface area contributed by atoms with Gasteiger partial charge in [0.2, 0.25) is 0 Å². The summed E-state index contributed by atoms with van der Waals surface area (Å²) >= 11 is 0. The van der Waals surface area contributed by atoms with Crippen molar-refractivity contribution in [3.8, 4) is 5.75 Å². The number of aliphatic hydroxyl groups excluding tert-OH is 1. The molecule has 0 aliphatic carbocycles. The van der Waals surface area contributed by atoms with Crippen LogP contribution in [0.5, 0.6) is 5.75 Å². The average molecular weight is 258 g/mol. The third-order valence-corrected chi connectivity index (χ3v) is 2.09. The summed E-state index contributed by atoms with van der Waals surface area (Å²) in [6.07, 6.45) is 2.53. The Balaban J connectivity index is 0. The number of halogens is 1. The van der Waals surface area contributed by atoms with Crippen LogP contribution in [0.15, 0.2) is 18.2 Å². The van der Waals surface area contributed by atoms with E-state index in [1.165, 1.54) is 13.2 Å². The largest absolute Gasteiger partial charge is 0.494 e. The van der Waals surface area contributed by atoms with Crippen LogP contribution in [0.1, 0.15) is 46.1 Å². The summed E-state index contributed by atoms with van der Waals surface area (Å²) in [5.41, 5.74) is 1.04. The first-order chi connectivity index (χ1) is 8.77. The molecule has 0 heterocycles.